The molecular formula is C12H6Cl2N4O3. The van der Waals surface area contributed by atoms with Crippen LogP contribution in [0.1, 0.15) is 5.56 Å². The lowest BCUT2D eigenvalue weighted by atomic mass is 10.2. The molecule has 0 spiro atoms. The number of rotatable bonds is 3. The molecule has 2 aromatic rings. The maximum absolute atomic E-state index is 11.0. The zero-order valence-corrected chi connectivity index (χ0v) is 11.7. The van der Waals surface area contributed by atoms with Crippen LogP contribution >= 0.6 is 23.2 Å². The lowest BCUT2D eigenvalue weighted by Gasteiger charge is -2.08. The number of pyridine rings is 1. The average Bonchev–Trinajstić information content (AvgIpc) is 2.44. The van der Waals surface area contributed by atoms with E-state index in [0.29, 0.717) is 0 Å². The van der Waals surface area contributed by atoms with Gasteiger partial charge in [0.15, 0.2) is 0 Å². The van der Waals surface area contributed by atoms with Crippen LogP contribution in [0.5, 0.6) is 11.6 Å². The Morgan fingerprint density at radius 1 is 1.33 bits per heavy atom. The van der Waals surface area contributed by atoms with Crippen LogP contribution in [0.2, 0.25) is 10.0 Å². The number of benzene rings is 1. The van der Waals surface area contributed by atoms with Crippen molar-refractivity contribution in [2.75, 3.05) is 5.73 Å². The Morgan fingerprint density at radius 2 is 2.05 bits per heavy atom. The van der Waals surface area contributed by atoms with Gasteiger partial charge in [-0.3, -0.25) is 10.1 Å². The first-order chi connectivity index (χ1) is 9.92. The average molecular weight is 325 g/mol. The molecule has 0 aliphatic heterocycles. The van der Waals surface area contributed by atoms with Gasteiger partial charge in [-0.15, -0.1) is 0 Å². The van der Waals surface area contributed by atoms with Crippen LogP contribution in [0.25, 0.3) is 0 Å². The van der Waals surface area contributed by atoms with Crippen LogP contribution in [0.4, 0.5) is 11.5 Å². The predicted octanol–water partition coefficient (Wildman–Crippen LogP) is 3.54. The molecule has 106 valence electrons. The van der Waals surface area contributed by atoms with Gasteiger partial charge in [0.05, 0.1) is 21.6 Å². The largest absolute Gasteiger partial charge is 0.430 e. The second-order valence-electron chi connectivity index (χ2n) is 3.80. The third-order valence-electron chi connectivity index (χ3n) is 2.42. The van der Waals surface area contributed by atoms with Crippen LogP contribution < -0.4 is 10.5 Å². The van der Waals surface area contributed by atoms with E-state index in [-0.39, 0.29) is 38.7 Å². The molecule has 0 unspecified atom stereocenters. The summed E-state index contributed by atoms with van der Waals surface area (Å²) in [6.07, 6.45) is 0. The Kier molecular flexibility index (Phi) is 4.12. The highest BCUT2D eigenvalue weighted by atomic mass is 35.5. The Hall–Kier alpha value is -2.56. The van der Waals surface area contributed by atoms with E-state index >= 15 is 0 Å². The van der Waals surface area contributed by atoms with Gasteiger partial charge in [0.1, 0.15) is 10.8 Å². The molecule has 9 heteroatoms. The summed E-state index contributed by atoms with van der Waals surface area (Å²) in [4.78, 5) is 14.1. The highest BCUT2D eigenvalue weighted by molar-refractivity contribution is 6.36. The first kappa shape index (κ1) is 14.8. The summed E-state index contributed by atoms with van der Waals surface area (Å²) < 4.78 is 5.30. The van der Waals surface area contributed by atoms with Crippen LogP contribution in [-0.2, 0) is 0 Å². The zero-order valence-electron chi connectivity index (χ0n) is 10.2. The smallest absolute Gasteiger partial charge is 0.312 e. The van der Waals surface area contributed by atoms with Crippen molar-refractivity contribution in [1.82, 2.24) is 4.98 Å². The first-order valence-electron chi connectivity index (χ1n) is 5.40. The Labute approximate surface area is 128 Å². The van der Waals surface area contributed by atoms with E-state index < -0.39 is 4.92 Å². The lowest BCUT2D eigenvalue weighted by molar-refractivity contribution is -0.385. The summed E-state index contributed by atoms with van der Waals surface area (Å²) in [7, 11) is 0. The third kappa shape index (κ3) is 3.13. The summed E-state index contributed by atoms with van der Waals surface area (Å²) in [5.74, 6) is -0.256. The quantitative estimate of drug-likeness (QED) is 0.681. The number of nitrogens with zero attached hydrogens (tertiary/aromatic N) is 3. The van der Waals surface area contributed by atoms with E-state index in [1.54, 1.807) is 6.07 Å². The molecule has 0 saturated heterocycles. The number of nitro groups is 1. The monoisotopic (exact) mass is 324 g/mol. The molecule has 2 N–H and O–H groups in total. The molecule has 1 heterocycles. The van der Waals surface area contributed by atoms with Crippen molar-refractivity contribution in [3.05, 3.63) is 50.0 Å². The molecule has 0 saturated carbocycles. The lowest BCUT2D eigenvalue weighted by Crippen LogP contribution is -1.98. The highest BCUT2D eigenvalue weighted by Crippen LogP contribution is 2.36. The van der Waals surface area contributed by atoms with Gasteiger partial charge < -0.3 is 10.5 Å². The van der Waals surface area contributed by atoms with Crippen LogP contribution in [0, 0.1) is 21.4 Å². The van der Waals surface area contributed by atoms with E-state index in [1.807, 2.05) is 0 Å². The van der Waals surface area contributed by atoms with Crippen molar-refractivity contribution in [2.24, 2.45) is 0 Å². The Bertz CT molecular complexity index is 774. The number of hydrogen-bond donors (Lipinski definition) is 1. The molecule has 0 radical (unpaired) electrons. The van der Waals surface area contributed by atoms with Gasteiger partial charge in [-0.05, 0) is 18.2 Å². The van der Waals surface area contributed by atoms with Crippen molar-refractivity contribution < 1.29 is 9.66 Å². The topological polar surface area (TPSA) is 115 Å². The summed E-state index contributed by atoms with van der Waals surface area (Å²) in [5.41, 5.74) is 5.27. The Balaban J connectivity index is 2.47. The third-order valence-corrected chi connectivity index (χ3v) is 2.99. The number of ether oxygens (including phenoxy) is 1. The number of halogens is 2. The van der Waals surface area contributed by atoms with Crippen molar-refractivity contribution in [3.63, 3.8) is 0 Å². The van der Waals surface area contributed by atoms with Crippen molar-refractivity contribution in [2.45, 2.75) is 0 Å². The number of nitriles is 1. The molecular weight excluding hydrogens is 319 g/mol. The van der Waals surface area contributed by atoms with Crippen LogP contribution in [0.15, 0.2) is 24.3 Å². The van der Waals surface area contributed by atoms with Gasteiger partial charge in [0.2, 0.25) is 11.6 Å². The normalized spacial score (nSPS) is 9.95. The van der Waals surface area contributed by atoms with Crippen molar-refractivity contribution >= 4 is 34.7 Å². The fraction of sp³-hybridized carbons (Fsp3) is 0. The number of aromatic nitrogens is 1. The SMILES string of the molecule is N#Cc1ccc(Oc2nc(N)c(Cl)cc2Cl)c([N+](=O)[O-])c1. The number of anilines is 1. The molecule has 0 fully saturated rings. The summed E-state index contributed by atoms with van der Waals surface area (Å²) in [6, 6.07) is 6.85. The Morgan fingerprint density at radius 3 is 2.67 bits per heavy atom. The second kappa shape index (κ2) is 5.83. The van der Waals surface area contributed by atoms with Gasteiger partial charge in [0.25, 0.3) is 0 Å². The summed E-state index contributed by atoms with van der Waals surface area (Å²) in [5, 5.41) is 19.9. The maximum atomic E-state index is 11.0. The fourth-order valence-corrected chi connectivity index (χ4v) is 1.85. The van der Waals surface area contributed by atoms with E-state index in [9.17, 15) is 10.1 Å². The molecule has 2 rings (SSSR count). The van der Waals surface area contributed by atoms with E-state index in [2.05, 4.69) is 4.98 Å². The molecule has 21 heavy (non-hydrogen) atoms. The molecule has 0 bridgehead atoms. The second-order valence-corrected chi connectivity index (χ2v) is 4.61. The summed E-state index contributed by atoms with van der Waals surface area (Å²) in [6.45, 7) is 0. The molecule has 0 amide bonds. The molecule has 0 aliphatic carbocycles. The van der Waals surface area contributed by atoms with E-state index in [0.717, 1.165) is 6.07 Å². The van der Waals surface area contributed by atoms with E-state index in [4.69, 9.17) is 38.9 Å². The van der Waals surface area contributed by atoms with Gasteiger partial charge in [-0.25, -0.2) is 0 Å². The van der Waals surface area contributed by atoms with Gasteiger partial charge >= 0.3 is 5.69 Å². The number of nitrogens with two attached hydrogens (primary N) is 1. The maximum Gasteiger partial charge on any atom is 0.312 e. The minimum absolute atomic E-state index is 0.0210. The minimum Gasteiger partial charge on any atom is -0.430 e. The molecule has 7 nitrogen and oxygen atoms in total. The molecule has 0 atom stereocenters. The number of nitrogen functional groups attached to an aromatic ring is 1. The number of nitro benzene ring substituents is 1. The van der Waals surface area contributed by atoms with Crippen LogP contribution in [-0.4, -0.2) is 9.91 Å². The molecule has 1 aromatic carbocycles. The van der Waals surface area contributed by atoms with Crippen LogP contribution in [0.3, 0.4) is 0 Å². The van der Waals surface area contributed by atoms with Gasteiger partial charge in [-0.2, -0.15) is 10.2 Å². The fourth-order valence-electron chi connectivity index (χ4n) is 1.45. The molecule has 0 aliphatic rings. The predicted molar refractivity (Wildman–Crippen MR) is 76.6 cm³/mol. The molecule has 1 aromatic heterocycles. The van der Waals surface area contributed by atoms with Crippen molar-refractivity contribution in [1.29, 1.82) is 5.26 Å². The first-order valence-corrected chi connectivity index (χ1v) is 6.16. The van der Waals surface area contributed by atoms with E-state index in [1.165, 1.54) is 18.2 Å². The standard InChI is InChI=1S/C12H6Cl2N4O3/c13-7-4-8(14)12(17-11(7)16)21-10-2-1-6(5-15)3-9(10)18(19)20/h1-4H,(H2,16,17). The highest BCUT2D eigenvalue weighted by Gasteiger charge is 2.19. The van der Waals surface area contributed by atoms with Gasteiger partial charge in [0, 0.05) is 6.07 Å². The number of hydrogen-bond acceptors (Lipinski definition) is 6. The minimum atomic E-state index is -0.677. The summed E-state index contributed by atoms with van der Waals surface area (Å²) >= 11 is 11.6. The van der Waals surface area contributed by atoms with Crippen molar-refractivity contribution in [3.8, 4) is 17.7 Å². The van der Waals surface area contributed by atoms with Gasteiger partial charge in [-0.1, -0.05) is 23.2 Å². The zero-order chi connectivity index (χ0) is 15.6.